The lowest BCUT2D eigenvalue weighted by molar-refractivity contribution is -0.143. The molecule has 1 aromatic carbocycles. The number of unbranched alkanes of at least 4 members (excludes halogenated alkanes) is 3. The molecule has 3 aromatic rings. The standard InChI is InChI=1S/C44H68N7O19P3/c1-42(2,18-11-9-15-29-14-8-7-13-28(29)12-6-5-10-19-44(20-21-44)41(57)58)31(52)16-22-46-32(53)17-23-47-39(56)36(55)43(3,4)25-67-73(64,65)70-72(62,63)66-24-30-35(69-71(59,60)61)34(54)40(68-30)51-27-50-33-37(45)48-26-49-38(33)51/h7-8,13-14,26-27,30,34-36,40,54-55H,5-6,9-12,15-25H2,1-4H3,(H,46,53)(H,47,56)(H,57,58)(H,62,63)(H,64,65)(H2,45,48,49)(H2,59,60,61). The van der Waals surface area contributed by atoms with E-state index in [1.54, 1.807) is 0 Å². The minimum absolute atomic E-state index is 0.0154. The Morgan fingerprint density at radius 1 is 0.890 bits per heavy atom. The molecule has 1 aliphatic heterocycles. The number of carbonyl (C=O) groups excluding carboxylic acids is 3. The van der Waals surface area contributed by atoms with Crippen molar-refractivity contribution >= 4 is 64.0 Å². The third-order valence-electron chi connectivity index (χ3n) is 13.0. The zero-order valence-corrected chi connectivity index (χ0v) is 43.8. The number of fused-ring (bicyclic) bond motifs is 1. The van der Waals surface area contributed by atoms with E-state index in [1.807, 2.05) is 26.0 Å². The summed E-state index contributed by atoms with van der Waals surface area (Å²) in [7, 11) is -16.5. The number of nitrogen functional groups attached to an aromatic ring is 1. The van der Waals surface area contributed by atoms with Crippen LogP contribution < -0.4 is 16.4 Å². The Hall–Kier alpha value is -4.10. The minimum Gasteiger partial charge on any atom is -0.481 e. The summed E-state index contributed by atoms with van der Waals surface area (Å²) in [6.07, 6.45) is 2.47. The number of aliphatic carboxylic acids is 1. The maximum atomic E-state index is 13.1. The first-order valence-electron chi connectivity index (χ1n) is 23.8. The second-order valence-corrected chi connectivity index (χ2v) is 24.0. The number of ketones is 1. The fourth-order valence-corrected chi connectivity index (χ4v) is 11.2. The van der Waals surface area contributed by atoms with Gasteiger partial charge in [0.1, 0.15) is 42.0 Å². The van der Waals surface area contributed by atoms with Crippen molar-refractivity contribution in [3.05, 3.63) is 48.0 Å². The van der Waals surface area contributed by atoms with Gasteiger partial charge in [-0.05, 0) is 62.5 Å². The topological polar surface area (TPSA) is 401 Å². The molecular formula is C44H68N7O19P3. The van der Waals surface area contributed by atoms with Gasteiger partial charge in [0, 0.05) is 36.8 Å². The zero-order chi connectivity index (χ0) is 54.0. The van der Waals surface area contributed by atoms with Crippen LogP contribution in [0.25, 0.3) is 11.2 Å². The lowest BCUT2D eigenvalue weighted by Gasteiger charge is -2.30. The predicted molar refractivity (Wildman–Crippen MR) is 259 cm³/mol. The van der Waals surface area contributed by atoms with E-state index in [0.29, 0.717) is 6.42 Å². The number of anilines is 1. The monoisotopic (exact) mass is 1090 g/mol. The van der Waals surface area contributed by atoms with Crippen LogP contribution in [0.3, 0.4) is 0 Å². The summed E-state index contributed by atoms with van der Waals surface area (Å²) in [6, 6.07) is 8.32. The molecule has 3 heterocycles. The first kappa shape index (κ1) is 59.8. The number of carboxylic acids is 1. The molecule has 0 bridgehead atoms. The number of aryl methyl sites for hydroxylation is 2. The molecule has 1 saturated carbocycles. The number of phosphoric ester groups is 3. The summed E-state index contributed by atoms with van der Waals surface area (Å²) >= 11 is 0. The van der Waals surface area contributed by atoms with E-state index in [1.165, 1.54) is 25.0 Å². The van der Waals surface area contributed by atoms with Gasteiger partial charge in [0.05, 0.1) is 25.0 Å². The van der Waals surface area contributed by atoms with Gasteiger partial charge in [-0.2, -0.15) is 4.31 Å². The average molecular weight is 1090 g/mol. The van der Waals surface area contributed by atoms with Crippen molar-refractivity contribution in [3.8, 4) is 0 Å². The van der Waals surface area contributed by atoms with E-state index in [9.17, 15) is 67.8 Å². The molecule has 29 heteroatoms. The summed E-state index contributed by atoms with van der Waals surface area (Å²) in [4.78, 5) is 101. The first-order valence-corrected chi connectivity index (χ1v) is 28.3. The van der Waals surface area contributed by atoms with Crippen LogP contribution in [-0.2, 0) is 68.3 Å². The van der Waals surface area contributed by atoms with Gasteiger partial charge >= 0.3 is 29.4 Å². The van der Waals surface area contributed by atoms with E-state index >= 15 is 0 Å². The van der Waals surface area contributed by atoms with Gasteiger partial charge in [0.25, 0.3) is 0 Å². The average Bonchev–Trinajstić information content (AvgIpc) is 3.89. The van der Waals surface area contributed by atoms with Crippen molar-refractivity contribution < 1.29 is 90.4 Å². The predicted octanol–water partition coefficient (Wildman–Crippen LogP) is 3.77. The molecule has 5 rings (SSSR count). The molecule has 2 fully saturated rings. The molecule has 73 heavy (non-hydrogen) atoms. The van der Waals surface area contributed by atoms with Crippen molar-refractivity contribution in [3.63, 3.8) is 0 Å². The van der Waals surface area contributed by atoms with Crippen molar-refractivity contribution in [1.29, 1.82) is 0 Å². The normalized spacial score (nSPS) is 21.0. The number of ether oxygens (including phenoxy) is 1. The second kappa shape index (κ2) is 25.2. The number of rotatable bonds is 32. The number of aliphatic hydroxyl groups is 2. The number of nitrogens with one attached hydrogen (secondary N) is 2. The SMILES string of the molecule is CC(C)(CCCCc1ccccc1CCCCCC1(C(=O)O)CC1)C(=O)CCNC(=O)CCNC(=O)C(O)C(C)(C)COP(=O)(O)OP(=O)(O)OCC1OC(n2cnc3c(N)ncnc32)C(O)C1OP(=O)(O)O. The number of benzene rings is 1. The molecule has 2 aromatic heterocycles. The number of hydrogen-bond acceptors (Lipinski definition) is 18. The second-order valence-electron chi connectivity index (χ2n) is 19.7. The van der Waals surface area contributed by atoms with E-state index in [-0.39, 0.29) is 48.7 Å². The number of nitrogens with two attached hydrogens (primary N) is 1. The van der Waals surface area contributed by atoms with Crippen LogP contribution >= 0.6 is 23.5 Å². The number of carboxylic acid groups (broad SMARTS) is 1. The Balaban J connectivity index is 0.972. The molecule has 2 aliphatic rings. The molecular weight excluding hydrogens is 1020 g/mol. The van der Waals surface area contributed by atoms with Gasteiger partial charge in [0.2, 0.25) is 11.8 Å². The van der Waals surface area contributed by atoms with Gasteiger partial charge in [0.15, 0.2) is 17.7 Å². The number of aromatic nitrogens is 4. The Labute approximate surface area is 421 Å². The number of phosphoric acid groups is 3. The molecule has 11 N–H and O–H groups in total. The Morgan fingerprint density at radius 3 is 2.15 bits per heavy atom. The highest BCUT2D eigenvalue weighted by molar-refractivity contribution is 7.61. The maximum Gasteiger partial charge on any atom is 0.481 e. The van der Waals surface area contributed by atoms with Crippen LogP contribution in [0.4, 0.5) is 5.82 Å². The fraction of sp³-hybridized carbons (Fsp3) is 0.659. The van der Waals surface area contributed by atoms with Gasteiger partial charge in [-0.15, -0.1) is 0 Å². The quantitative estimate of drug-likeness (QED) is 0.0314. The highest BCUT2D eigenvalue weighted by Gasteiger charge is 2.51. The lowest BCUT2D eigenvalue weighted by Crippen LogP contribution is -2.46. The van der Waals surface area contributed by atoms with E-state index in [4.69, 9.17) is 19.5 Å². The zero-order valence-electron chi connectivity index (χ0n) is 41.1. The van der Waals surface area contributed by atoms with Crippen LogP contribution in [0.2, 0.25) is 0 Å². The fourth-order valence-electron chi connectivity index (χ4n) is 8.34. The highest BCUT2D eigenvalue weighted by Crippen LogP contribution is 2.61. The number of carbonyl (C=O) groups is 4. The molecule has 7 unspecified atom stereocenters. The Kier molecular flexibility index (Phi) is 20.6. The van der Waals surface area contributed by atoms with Crippen LogP contribution in [0, 0.1) is 16.2 Å². The maximum absolute atomic E-state index is 13.1. The molecule has 26 nitrogen and oxygen atoms in total. The van der Waals surface area contributed by atoms with Gasteiger partial charge in [-0.3, -0.25) is 37.3 Å². The van der Waals surface area contributed by atoms with Crippen molar-refractivity contribution in [1.82, 2.24) is 30.2 Å². The number of amides is 2. The number of aliphatic hydroxyl groups excluding tert-OH is 2. The Morgan fingerprint density at radius 2 is 1.52 bits per heavy atom. The number of imidazole rings is 1. The summed E-state index contributed by atoms with van der Waals surface area (Å²) in [5.41, 5.74) is 5.72. The van der Waals surface area contributed by atoms with Crippen LogP contribution in [0.5, 0.6) is 0 Å². The van der Waals surface area contributed by atoms with Crippen LogP contribution in [-0.4, -0.2) is 129 Å². The molecule has 0 spiro atoms. The summed E-state index contributed by atoms with van der Waals surface area (Å²) in [5.74, 6) is -2.20. The van der Waals surface area contributed by atoms with Crippen molar-refractivity contribution in [2.45, 2.75) is 142 Å². The van der Waals surface area contributed by atoms with E-state index < -0.39 is 101 Å². The number of Topliss-reactive ketones (excluding diaryl/α,β-unsaturated/α-hetero) is 1. The van der Waals surface area contributed by atoms with Crippen LogP contribution in [0.15, 0.2) is 36.9 Å². The number of hydrogen-bond donors (Lipinski definition) is 10. The smallest absolute Gasteiger partial charge is 0.481 e. The molecule has 1 aliphatic carbocycles. The van der Waals surface area contributed by atoms with Crippen molar-refractivity contribution in [2.24, 2.45) is 16.2 Å². The summed E-state index contributed by atoms with van der Waals surface area (Å²) in [5, 5.41) is 36.1. The third kappa shape index (κ3) is 17.5. The molecule has 2 amide bonds. The minimum atomic E-state index is -5.60. The van der Waals surface area contributed by atoms with Crippen LogP contribution in [0.1, 0.15) is 116 Å². The van der Waals surface area contributed by atoms with Crippen molar-refractivity contribution in [2.75, 3.05) is 32.0 Å². The third-order valence-corrected chi connectivity index (χ3v) is 16.1. The molecule has 1 saturated heterocycles. The van der Waals surface area contributed by atoms with Gasteiger partial charge < -0.3 is 56.0 Å². The lowest BCUT2D eigenvalue weighted by atomic mass is 9.81. The number of nitrogens with zero attached hydrogens (tertiary/aromatic N) is 4. The van der Waals surface area contributed by atoms with Gasteiger partial charge in [-0.1, -0.05) is 71.2 Å². The van der Waals surface area contributed by atoms with Gasteiger partial charge in [-0.25, -0.2) is 28.6 Å². The highest BCUT2D eigenvalue weighted by atomic mass is 31.3. The largest absolute Gasteiger partial charge is 0.481 e. The Bertz CT molecular complexity index is 2550. The molecule has 408 valence electrons. The summed E-state index contributed by atoms with van der Waals surface area (Å²) < 4.78 is 62.6. The molecule has 7 atom stereocenters. The first-order chi connectivity index (χ1) is 34.1. The molecule has 0 radical (unpaired) electrons. The summed E-state index contributed by atoms with van der Waals surface area (Å²) in [6.45, 7) is 4.05. The van der Waals surface area contributed by atoms with E-state index in [2.05, 4.69) is 46.6 Å². The van der Waals surface area contributed by atoms with E-state index in [0.717, 1.165) is 81.4 Å².